The van der Waals surface area contributed by atoms with Crippen molar-refractivity contribution in [3.05, 3.63) is 19.1 Å². The number of unbranched alkanes of at least 4 members (excludes halogenated alkanes) is 7. The van der Waals surface area contributed by atoms with Crippen molar-refractivity contribution in [2.45, 2.75) is 71.1 Å². The Balaban J connectivity index is 0. The highest BCUT2D eigenvalue weighted by molar-refractivity contribution is 14.3. The molecule has 0 aromatic rings. The molecule has 0 aromatic carbocycles. The van der Waals surface area contributed by atoms with Gasteiger partial charge in [0.2, 0.25) is 0 Å². The lowest BCUT2D eigenvalue weighted by Crippen LogP contribution is -2.02. The van der Waals surface area contributed by atoms with E-state index in [0.717, 1.165) is 26.1 Å². The summed E-state index contributed by atoms with van der Waals surface area (Å²) in [4.78, 5) is 0. The van der Waals surface area contributed by atoms with Crippen molar-refractivity contribution in [2.24, 2.45) is 0 Å². The van der Waals surface area contributed by atoms with Gasteiger partial charge < -0.3 is 9.47 Å². The van der Waals surface area contributed by atoms with Crippen LogP contribution in [0, 0.1) is 6.92 Å². The third-order valence-corrected chi connectivity index (χ3v) is 3.07. The molecule has 0 aromatic heterocycles. The molecule has 2 nitrogen and oxygen atoms in total. The number of rotatable bonds is 15. The van der Waals surface area contributed by atoms with E-state index in [4.69, 9.17) is 9.47 Å². The van der Waals surface area contributed by atoms with Crippen LogP contribution in [-0.2, 0) is 9.47 Å². The monoisotopic (exact) mass is 547 g/mol. The average molecular weight is 548 g/mol. The van der Waals surface area contributed by atoms with Crippen LogP contribution < -0.4 is 0 Å². The molecule has 0 aliphatic heterocycles. The molecule has 0 rings (SSSR count). The Hall–Kier alpha value is 1.89. The first-order valence-electron chi connectivity index (χ1n) is 8.55. The summed E-state index contributed by atoms with van der Waals surface area (Å²) in [5.74, 6) is 0. The summed E-state index contributed by atoms with van der Waals surface area (Å²) < 4.78 is 10.8. The van der Waals surface area contributed by atoms with Crippen molar-refractivity contribution in [3.63, 3.8) is 0 Å². The zero-order valence-electron chi connectivity index (χ0n) is 14.3. The molecule has 0 heterocycles. The first kappa shape index (κ1) is 26.1. The van der Waals surface area contributed by atoms with Gasteiger partial charge in [0.15, 0.2) is 0 Å². The quantitative estimate of drug-likeness (QED) is 0.0749. The standard InChI is InChI=1S/C17H33O2.2HI.Mg/c1-3-5-7-9-10-11-12-14-16-19-17-18-15-13-8-6-4-2;;;/h6,8H,2-5,7,9-17H2,1H3;2*1H;/q;;;+2/p-2/b8-6+;;;. The second kappa shape index (κ2) is 27.7. The van der Waals surface area contributed by atoms with Crippen LogP contribution in [0.5, 0.6) is 0 Å². The second-order valence-electron chi connectivity index (χ2n) is 5.06. The summed E-state index contributed by atoms with van der Waals surface area (Å²) in [6.07, 6.45) is 16.7. The average Bonchev–Trinajstić information content (AvgIpc) is 2.52. The Bertz CT molecular complexity index is 205. The molecule has 0 spiro atoms. The van der Waals surface area contributed by atoms with E-state index < -0.39 is 0 Å². The van der Waals surface area contributed by atoms with E-state index in [0.29, 0.717) is 19.4 Å². The Labute approximate surface area is 168 Å². The Kier molecular flexibility index (Phi) is 32.9. The number of ether oxygens (including phenoxy) is 2. The van der Waals surface area contributed by atoms with E-state index >= 15 is 0 Å². The van der Waals surface area contributed by atoms with Gasteiger partial charge in [-0.15, -0.1) is 0 Å². The maximum Gasteiger partial charge on any atom is 0.552 e. The summed E-state index contributed by atoms with van der Waals surface area (Å²) in [7, 11) is 0. The largest absolute Gasteiger partial charge is 0.552 e. The molecule has 0 fully saturated rings. The van der Waals surface area contributed by atoms with Gasteiger partial charge in [0, 0.05) is 6.61 Å². The third-order valence-electron chi connectivity index (χ3n) is 3.07. The van der Waals surface area contributed by atoms with E-state index in [9.17, 15) is 0 Å². The van der Waals surface area contributed by atoms with Crippen LogP contribution in [0.3, 0.4) is 0 Å². The Morgan fingerprint density at radius 1 is 0.864 bits per heavy atom. The minimum atomic E-state index is 0.357. The number of hydrogen-bond acceptors (Lipinski definition) is 2. The molecular weight excluding hydrogens is 514 g/mol. The van der Waals surface area contributed by atoms with Gasteiger partial charge in [-0.2, -0.15) is 0 Å². The van der Waals surface area contributed by atoms with Gasteiger partial charge >= 0.3 is 12.6 Å². The van der Waals surface area contributed by atoms with Gasteiger partial charge in [-0.25, -0.2) is 0 Å². The van der Waals surface area contributed by atoms with Crippen molar-refractivity contribution >= 4 is 50.3 Å². The predicted octanol–water partition coefficient (Wildman–Crippen LogP) is 6.68. The van der Waals surface area contributed by atoms with Crippen LogP contribution in [0.4, 0.5) is 0 Å². The van der Waals surface area contributed by atoms with Crippen molar-refractivity contribution in [1.82, 2.24) is 0 Å². The number of halogens is 2. The zero-order valence-corrected chi connectivity index (χ0v) is 20.1. The molecule has 0 aliphatic rings. The minimum absolute atomic E-state index is 0.357. The second-order valence-corrected chi connectivity index (χ2v) is 18.6. The van der Waals surface area contributed by atoms with E-state index in [2.05, 4.69) is 63.7 Å². The van der Waals surface area contributed by atoms with Crippen LogP contribution in [0.2, 0.25) is 0 Å². The molecule has 0 unspecified atom stereocenters. The summed E-state index contributed by atoms with van der Waals surface area (Å²) in [5.41, 5.74) is 0. The Morgan fingerprint density at radius 2 is 1.41 bits per heavy atom. The van der Waals surface area contributed by atoms with Crippen molar-refractivity contribution < 1.29 is 9.47 Å². The highest BCUT2D eigenvalue weighted by Gasteiger charge is 1.92. The SMILES string of the molecule is [CH2]C/C=C/CCOCOCCCCCCCCCC.[I][Mg][I]. The fourth-order valence-electron chi connectivity index (χ4n) is 1.90. The molecule has 0 saturated carbocycles. The predicted molar refractivity (Wildman–Crippen MR) is 117 cm³/mol. The fourth-order valence-corrected chi connectivity index (χ4v) is 1.90. The minimum Gasteiger partial charge on any atom is -0.355 e. The van der Waals surface area contributed by atoms with Gasteiger partial charge in [0.05, 0.1) is 6.61 Å². The van der Waals surface area contributed by atoms with Crippen LogP contribution >= 0.6 is 37.7 Å². The molecular formula is C17H33I2MgO2. The highest BCUT2D eigenvalue weighted by atomic mass is 127. The molecule has 0 amide bonds. The van der Waals surface area contributed by atoms with Gasteiger partial charge in [-0.3, -0.25) is 37.7 Å². The van der Waals surface area contributed by atoms with Crippen LogP contribution in [0.1, 0.15) is 71.1 Å². The van der Waals surface area contributed by atoms with E-state index in [-0.39, 0.29) is 0 Å². The van der Waals surface area contributed by atoms with E-state index in [1.165, 1.54) is 51.4 Å². The van der Waals surface area contributed by atoms with Crippen molar-refractivity contribution in [3.8, 4) is 0 Å². The van der Waals surface area contributed by atoms with Gasteiger partial charge in [-0.1, -0.05) is 64.0 Å². The third kappa shape index (κ3) is 29.8. The van der Waals surface area contributed by atoms with Crippen molar-refractivity contribution in [2.75, 3.05) is 20.0 Å². The molecule has 0 bridgehead atoms. The maximum atomic E-state index is 5.43. The van der Waals surface area contributed by atoms with Gasteiger partial charge in [0.25, 0.3) is 0 Å². The summed E-state index contributed by atoms with van der Waals surface area (Å²) in [5, 5.41) is 0. The van der Waals surface area contributed by atoms with E-state index in [1.54, 1.807) is 0 Å². The molecule has 0 saturated heterocycles. The smallest absolute Gasteiger partial charge is 0.355 e. The first-order valence-corrected chi connectivity index (χ1v) is 18.8. The lowest BCUT2D eigenvalue weighted by Gasteiger charge is -2.05. The molecule has 22 heavy (non-hydrogen) atoms. The van der Waals surface area contributed by atoms with Crippen molar-refractivity contribution in [1.29, 1.82) is 0 Å². The lowest BCUT2D eigenvalue weighted by molar-refractivity contribution is -0.0531. The van der Waals surface area contributed by atoms with Gasteiger partial charge in [-0.05, 0) is 26.2 Å². The zero-order chi connectivity index (χ0) is 16.7. The molecule has 5 heteroatoms. The summed E-state index contributed by atoms with van der Waals surface area (Å²) >= 11 is 5.18. The summed E-state index contributed by atoms with van der Waals surface area (Å²) in [6.45, 7) is 8.02. The molecule has 1 radical (unpaired) electrons. The molecule has 0 atom stereocenters. The summed E-state index contributed by atoms with van der Waals surface area (Å²) in [6, 6.07) is 0. The van der Waals surface area contributed by atoms with E-state index in [1.807, 2.05) is 0 Å². The fraction of sp³-hybridized carbons (Fsp3) is 0.824. The van der Waals surface area contributed by atoms with Gasteiger partial charge in [0.1, 0.15) is 6.79 Å². The topological polar surface area (TPSA) is 18.5 Å². The molecule has 129 valence electrons. The van der Waals surface area contributed by atoms with Crippen LogP contribution in [0.15, 0.2) is 12.2 Å². The molecule has 0 aliphatic carbocycles. The lowest BCUT2D eigenvalue weighted by atomic mass is 10.1. The Morgan fingerprint density at radius 3 is 2.00 bits per heavy atom. The van der Waals surface area contributed by atoms with Crippen LogP contribution in [-0.4, -0.2) is 32.6 Å². The van der Waals surface area contributed by atoms with Crippen LogP contribution in [0.25, 0.3) is 0 Å². The maximum absolute atomic E-state index is 5.43. The molecule has 0 N–H and O–H groups in total. The number of hydrogen-bond donors (Lipinski definition) is 0. The highest BCUT2D eigenvalue weighted by Crippen LogP contribution is 2.08. The number of allylic oxidation sites excluding steroid dienone is 1. The first-order chi connectivity index (χ1) is 10.8. The normalized spacial score (nSPS) is 10.4.